The number of H-pyrrole nitrogens is 1. The summed E-state index contributed by atoms with van der Waals surface area (Å²) in [6.07, 6.45) is 3.74. The molecule has 1 aromatic heterocycles. The van der Waals surface area contributed by atoms with Crippen LogP contribution in [0.25, 0.3) is 11.0 Å². The molecule has 1 atom stereocenters. The molecule has 0 saturated heterocycles. The van der Waals surface area contributed by atoms with Crippen LogP contribution in [-0.4, -0.2) is 16.5 Å². The third-order valence-corrected chi connectivity index (χ3v) is 3.50. The molecule has 3 nitrogen and oxygen atoms in total. The Balaban J connectivity index is 2.11. The second-order valence-electron chi connectivity index (χ2n) is 4.86. The second-order valence-corrected chi connectivity index (χ2v) is 4.86. The first-order valence-corrected chi connectivity index (χ1v) is 6.67. The molecule has 0 bridgehead atoms. The molecule has 1 aromatic carbocycles. The summed E-state index contributed by atoms with van der Waals surface area (Å²) < 4.78 is 26.6. The number of halogens is 2. The third kappa shape index (κ3) is 3.29. The van der Waals surface area contributed by atoms with Crippen molar-refractivity contribution in [1.29, 1.82) is 0 Å². The molecule has 104 valence electrons. The van der Waals surface area contributed by atoms with Crippen molar-refractivity contribution >= 4 is 11.0 Å². The van der Waals surface area contributed by atoms with E-state index in [-0.39, 0.29) is 5.52 Å². The van der Waals surface area contributed by atoms with Crippen molar-refractivity contribution in [3.8, 4) is 0 Å². The zero-order valence-electron chi connectivity index (χ0n) is 11.0. The van der Waals surface area contributed by atoms with Crippen molar-refractivity contribution in [3.63, 3.8) is 0 Å². The molecule has 5 heteroatoms. The highest BCUT2D eigenvalue weighted by Gasteiger charge is 2.11. The maximum absolute atomic E-state index is 13.5. The highest BCUT2D eigenvalue weighted by molar-refractivity contribution is 5.75. The van der Waals surface area contributed by atoms with E-state index < -0.39 is 11.6 Å². The lowest BCUT2D eigenvalue weighted by Gasteiger charge is -2.11. The SMILES string of the molecule is CCC(CCN)CCc1nc2c(F)cc(F)cc2[nH]1. The average molecular weight is 267 g/mol. The molecule has 0 fully saturated rings. The molecule has 1 unspecified atom stereocenters. The number of rotatable bonds is 6. The lowest BCUT2D eigenvalue weighted by Crippen LogP contribution is -2.09. The van der Waals surface area contributed by atoms with Gasteiger partial charge < -0.3 is 10.7 Å². The van der Waals surface area contributed by atoms with E-state index >= 15 is 0 Å². The van der Waals surface area contributed by atoms with Gasteiger partial charge in [0, 0.05) is 12.5 Å². The van der Waals surface area contributed by atoms with Crippen LogP contribution < -0.4 is 5.73 Å². The number of fused-ring (bicyclic) bond motifs is 1. The Labute approximate surface area is 111 Å². The normalized spacial score (nSPS) is 13.1. The Morgan fingerprint density at radius 2 is 2.11 bits per heavy atom. The molecule has 0 aliphatic heterocycles. The maximum Gasteiger partial charge on any atom is 0.153 e. The first kappa shape index (κ1) is 13.9. The van der Waals surface area contributed by atoms with Crippen LogP contribution in [-0.2, 0) is 6.42 Å². The Morgan fingerprint density at radius 3 is 2.79 bits per heavy atom. The zero-order chi connectivity index (χ0) is 13.8. The molecule has 0 amide bonds. The van der Waals surface area contributed by atoms with Crippen LogP contribution in [0.2, 0.25) is 0 Å². The van der Waals surface area contributed by atoms with Gasteiger partial charge in [-0.2, -0.15) is 0 Å². The van der Waals surface area contributed by atoms with Gasteiger partial charge in [-0.25, -0.2) is 13.8 Å². The van der Waals surface area contributed by atoms with Crippen molar-refractivity contribution < 1.29 is 8.78 Å². The van der Waals surface area contributed by atoms with E-state index in [0.29, 0.717) is 23.8 Å². The van der Waals surface area contributed by atoms with Crippen LogP contribution >= 0.6 is 0 Å². The fourth-order valence-corrected chi connectivity index (χ4v) is 2.34. The van der Waals surface area contributed by atoms with E-state index in [1.165, 1.54) is 6.07 Å². The van der Waals surface area contributed by atoms with Gasteiger partial charge in [-0.05, 0) is 31.4 Å². The second kappa shape index (κ2) is 6.10. The molecule has 2 aromatic rings. The summed E-state index contributed by atoms with van der Waals surface area (Å²) in [6, 6.07) is 2.13. The quantitative estimate of drug-likeness (QED) is 0.844. The van der Waals surface area contributed by atoms with Crippen LogP contribution in [0.5, 0.6) is 0 Å². The number of benzene rings is 1. The Bertz CT molecular complexity index is 551. The summed E-state index contributed by atoms with van der Waals surface area (Å²) in [5.74, 6) is 0.0519. The molecule has 0 aliphatic carbocycles. The summed E-state index contributed by atoms with van der Waals surface area (Å²) in [5, 5.41) is 0. The number of nitrogens with two attached hydrogens (primary N) is 1. The van der Waals surface area contributed by atoms with Crippen molar-refractivity contribution in [2.75, 3.05) is 6.54 Å². The first-order valence-electron chi connectivity index (χ1n) is 6.67. The minimum absolute atomic E-state index is 0.211. The monoisotopic (exact) mass is 267 g/mol. The zero-order valence-corrected chi connectivity index (χ0v) is 11.0. The van der Waals surface area contributed by atoms with E-state index in [2.05, 4.69) is 16.9 Å². The predicted molar refractivity (Wildman–Crippen MR) is 71.8 cm³/mol. The number of hydrogen-bond acceptors (Lipinski definition) is 2. The molecule has 3 N–H and O–H groups in total. The van der Waals surface area contributed by atoms with Gasteiger partial charge in [0.2, 0.25) is 0 Å². The molecule has 0 aliphatic rings. The van der Waals surface area contributed by atoms with Crippen molar-refractivity contribution in [3.05, 3.63) is 29.6 Å². The summed E-state index contributed by atoms with van der Waals surface area (Å²) in [6.45, 7) is 2.81. The molecule has 1 heterocycles. The van der Waals surface area contributed by atoms with Gasteiger partial charge in [0.05, 0.1) is 5.52 Å². The lowest BCUT2D eigenvalue weighted by molar-refractivity contribution is 0.440. The topological polar surface area (TPSA) is 54.7 Å². The number of nitrogens with zero attached hydrogens (tertiary/aromatic N) is 1. The van der Waals surface area contributed by atoms with Gasteiger partial charge in [-0.15, -0.1) is 0 Å². The Hall–Kier alpha value is -1.49. The molecular formula is C14H19F2N3. The van der Waals surface area contributed by atoms with Crippen LogP contribution in [0, 0.1) is 17.6 Å². The highest BCUT2D eigenvalue weighted by atomic mass is 19.1. The van der Waals surface area contributed by atoms with E-state index in [1.54, 1.807) is 0 Å². The lowest BCUT2D eigenvalue weighted by atomic mass is 9.96. The number of nitrogens with one attached hydrogen (secondary N) is 1. The Kier molecular flexibility index (Phi) is 4.47. The fourth-order valence-electron chi connectivity index (χ4n) is 2.34. The van der Waals surface area contributed by atoms with Gasteiger partial charge in [0.1, 0.15) is 17.2 Å². The summed E-state index contributed by atoms with van der Waals surface area (Å²) >= 11 is 0. The molecule has 0 spiro atoms. The van der Waals surface area contributed by atoms with E-state index in [4.69, 9.17) is 5.73 Å². The van der Waals surface area contributed by atoms with Crippen LogP contribution in [0.4, 0.5) is 8.78 Å². The largest absolute Gasteiger partial charge is 0.342 e. The fraction of sp³-hybridized carbons (Fsp3) is 0.500. The number of aryl methyl sites for hydroxylation is 1. The van der Waals surface area contributed by atoms with E-state index in [9.17, 15) is 8.78 Å². The van der Waals surface area contributed by atoms with Gasteiger partial charge in [-0.3, -0.25) is 0 Å². The number of aromatic nitrogens is 2. The molecule has 2 rings (SSSR count). The smallest absolute Gasteiger partial charge is 0.153 e. The van der Waals surface area contributed by atoms with Gasteiger partial charge in [0.25, 0.3) is 0 Å². The first-order chi connectivity index (χ1) is 9.13. The number of imidazole rings is 1. The average Bonchev–Trinajstić information content (AvgIpc) is 2.77. The van der Waals surface area contributed by atoms with Gasteiger partial charge in [-0.1, -0.05) is 13.3 Å². The molecule has 19 heavy (non-hydrogen) atoms. The number of hydrogen-bond donors (Lipinski definition) is 2. The number of aromatic amines is 1. The van der Waals surface area contributed by atoms with E-state index in [1.807, 2.05) is 0 Å². The van der Waals surface area contributed by atoms with Crippen LogP contribution in [0.15, 0.2) is 12.1 Å². The van der Waals surface area contributed by atoms with Crippen LogP contribution in [0.3, 0.4) is 0 Å². The van der Waals surface area contributed by atoms with Gasteiger partial charge in [0.15, 0.2) is 5.82 Å². The van der Waals surface area contributed by atoms with Crippen molar-refractivity contribution in [2.45, 2.75) is 32.6 Å². The van der Waals surface area contributed by atoms with Crippen LogP contribution in [0.1, 0.15) is 32.0 Å². The Morgan fingerprint density at radius 1 is 1.32 bits per heavy atom. The third-order valence-electron chi connectivity index (χ3n) is 3.50. The maximum atomic E-state index is 13.5. The highest BCUT2D eigenvalue weighted by Crippen LogP contribution is 2.20. The summed E-state index contributed by atoms with van der Waals surface area (Å²) in [4.78, 5) is 7.17. The summed E-state index contributed by atoms with van der Waals surface area (Å²) in [7, 11) is 0. The summed E-state index contributed by atoms with van der Waals surface area (Å²) in [5.41, 5.74) is 6.18. The predicted octanol–water partition coefficient (Wildman–Crippen LogP) is 3.15. The molecule has 0 radical (unpaired) electrons. The van der Waals surface area contributed by atoms with E-state index in [0.717, 1.165) is 31.7 Å². The van der Waals surface area contributed by atoms with Gasteiger partial charge >= 0.3 is 0 Å². The van der Waals surface area contributed by atoms with Crippen molar-refractivity contribution in [2.24, 2.45) is 11.7 Å². The van der Waals surface area contributed by atoms with Crippen molar-refractivity contribution in [1.82, 2.24) is 9.97 Å². The minimum Gasteiger partial charge on any atom is -0.342 e. The molecular weight excluding hydrogens is 248 g/mol. The molecule has 0 saturated carbocycles. The minimum atomic E-state index is -0.619. The standard InChI is InChI=1S/C14H19F2N3/c1-2-9(5-6-17)3-4-13-18-12-8-10(15)7-11(16)14(12)19-13/h7-9H,2-6,17H2,1H3,(H,18,19).